The Hall–Kier alpha value is -2.99. The number of aliphatic hydroxyl groups excluding tert-OH is 1. The van der Waals surface area contributed by atoms with Gasteiger partial charge in [-0.15, -0.1) is 0 Å². The lowest BCUT2D eigenvalue weighted by atomic mass is 9.73. The molecule has 2 aliphatic heterocycles. The van der Waals surface area contributed by atoms with Gasteiger partial charge in [-0.1, -0.05) is 30.3 Å². The summed E-state index contributed by atoms with van der Waals surface area (Å²) >= 11 is 0. The van der Waals surface area contributed by atoms with Gasteiger partial charge in [0.15, 0.2) is 0 Å². The largest absolute Gasteiger partial charge is 0.394 e. The number of aromatic nitrogens is 1. The summed E-state index contributed by atoms with van der Waals surface area (Å²) in [5, 5.41) is 9.98. The zero-order valence-electron chi connectivity index (χ0n) is 17.5. The van der Waals surface area contributed by atoms with Crippen molar-refractivity contribution < 1.29 is 14.7 Å². The highest BCUT2D eigenvalue weighted by Gasteiger charge is 2.54. The predicted octanol–water partition coefficient (Wildman–Crippen LogP) is 2.39. The number of carbonyl (C=O) groups excluding carboxylic acids is 2. The third-order valence-corrected chi connectivity index (χ3v) is 6.92. The number of aliphatic hydroxyl groups is 1. The normalized spacial score (nSPS) is 25.1. The molecular formula is C25H27N3O3. The van der Waals surface area contributed by atoms with Crippen molar-refractivity contribution in [1.29, 1.82) is 0 Å². The van der Waals surface area contributed by atoms with Crippen LogP contribution in [0.2, 0.25) is 0 Å². The Balaban J connectivity index is 1.33. The van der Waals surface area contributed by atoms with Crippen LogP contribution >= 0.6 is 0 Å². The van der Waals surface area contributed by atoms with Gasteiger partial charge < -0.3 is 14.9 Å². The third-order valence-electron chi connectivity index (χ3n) is 6.92. The quantitative estimate of drug-likeness (QED) is 0.811. The van der Waals surface area contributed by atoms with Crippen LogP contribution in [0.1, 0.15) is 41.9 Å². The van der Waals surface area contributed by atoms with Crippen molar-refractivity contribution in [2.75, 3.05) is 19.7 Å². The van der Waals surface area contributed by atoms with Gasteiger partial charge in [0.2, 0.25) is 11.8 Å². The van der Waals surface area contributed by atoms with E-state index in [1.807, 2.05) is 12.1 Å². The molecule has 1 aliphatic carbocycles. The second-order valence-electron chi connectivity index (χ2n) is 8.69. The van der Waals surface area contributed by atoms with Gasteiger partial charge in [0.25, 0.3) is 0 Å². The molecule has 1 aromatic heterocycles. The Labute approximate surface area is 182 Å². The van der Waals surface area contributed by atoms with Crippen LogP contribution in [0.15, 0.2) is 54.9 Å². The number of pyridine rings is 1. The highest BCUT2D eigenvalue weighted by atomic mass is 16.3. The minimum Gasteiger partial charge on any atom is -0.394 e. The monoisotopic (exact) mass is 417 g/mol. The first-order valence-corrected chi connectivity index (χ1v) is 11.0. The summed E-state index contributed by atoms with van der Waals surface area (Å²) in [6.45, 7) is 0.519. The fourth-order valence-corrected chi connectivity index (χ4v) is 5.33. The number of rotatable bonds is 5. The van der Waals surface area contributed by atoms with Gasteiger partial charge in [0.05, 0.1) is 31.7 Å². The van der Waals surface area contributed by atoms with Crippen molar-refractivity contribution in [1.82, 2.24) is 14.8 Å². The molecule has 6 heteroatoms. The van der Waals surface area contributed by atoms with E-state index in [9.17, 15) is 14.7 Å². The van der Waals surface area contributed by atoms with E-state index in [1.165, 1.54) is 17.6 Å². The highest BCUT2D eigenvalue weighted by molar-refractivity contribution is 5.88. The standard InChI is InChI=1S/C25H27N3O3/c29-16-22-25(20-7-5-19(6-8-20)18-3-1-2-4-18)21-14-27(15-24(31)28(21)22)23(30)13-17-9-11-26-12-10-17/h3,5-12,21-22,25,29H,1-2,4,13-16H2/t21-,22-,25+/m0/s1. The molecule has 2 fully saturated rings. The van der Waals surface area contributed by atoms with Crippen molar-refractivity contribution in [2.24, 2.45) is 0 Å². The first-order valence-electron chi connectivity index (χ1n) is 11.0. The summed E-state index contributed by atoms with van der Waals surface area (Å²) in [5.41, 5.74) is 4.68. The van der Waals surface area contributed by atoms with E-state index < -0.39 is 0 Å². The van der Waals surface area contributed by atoms with Crippen LogP contribution in [-0.4, -0.2) is 63.5 Å². The maximum absolute atomic E-state index is 12.9. The van der Waals surface area contributed by atoms with E-state index in [4.69, 9.17) is 0 Å². The number of hydrogen-bond acceptors (Lipinski definition) is 4. The van der Waals surface area contributed by atoms with Crippen LogP contribution in [0.4, 0.5) is 0 Å². The number of carbonyl (C=O) groups is 2. The highest BCUT2D eigenvalue weighted by Crippen LogP contribution is 2.43. The molecule has 0 spiro atoms. The molecule has 1 N–H and O–H groups in total. The zero-order chi connectivity index (χ0) is 21.4. The van der Waals surface area contributed by atoms with Gasteiger partial charge in [0.1, 0.15) is 0 Å². The molecule has 0 radical (unpaired) electrons. The van der Waals surface area contributed by atoms with Gasteiger partial charge >= 0.3 is 0 Å². The Morgan fingerprint density at radius 3 is 2.58 bits per heavy atom. The van der Waals surface area contributed by atoms with Gasteiger partial charge in [-0.2, -0.15) is 0 Å². The first kappa shape index (κ1) is 19.9. The Kier molecular flexibility index (Phi) is 5.32. The summed E-state index contributed by atoms with van der Waals surface area (Å²) in [7, 11) is 0. The van der Waals surface area contributed by atoms with Crippen LogP contribution in [0, 0.1) is 0 Å². The molecule has 2 saturated heterocycles. The summed E-state index contributed by atoms with van der Waals surface area (Å²) in [5.74, 6) is -0.0895. The fraction of sp³-hybridized carbons (Fsp3) is 0.400. The lowest BCUT2D eigenvalue weighted by Gasteiger charge is -2.58. The molecule has 0 bridgehead atoms. The molecule has 31 heavy (non-hydrogen) atoms. The Morgan fingerprint density at radius 1 is 1.13 bits per heavy atom. The van der Waals surface area contributed by atoms with E-state index in [0.29, 0.717) is 6.54 Å². The van der Waals surface area contributed by atoms with E-state index in [2.05, 4.69) is 35.3 Å². The van der Waals surface area contributed by atoms with Gasteiger partial charge in [0, 0.05) is 24.9 Å². The van der Waals surface area contributed by atoms with Gasteiger partial charge in [-0.05, 0) is 53.7 Å². The third kappa shape index (κ3) is 3.65. The second-order valence-corrected chi connectivity index (χ2v) is 8.69. The van der Waals surface area contributed by atoms with E-state index >= 15 is 0 Å². The second kappa shape index (κ2) is 8.27. The Morgan fingerprint density at radius 2 is 1.90 bits per heavy atom. The summed E-state index contributed by atoms with van der Waals surface area (Å²) in [6, 6.07) is 11.9. The summed E-state index contributed by atoms with van der Waals surface area (Å²) in [4.78, 5) is 33.1. The zero-order valence-corrected chi connectivity index (χ0v) is 17.5. The number of benzene rings is 1. The van der Waals surface area contributed by atoms with Crippen molar-refractivity contribution in [2.45, 2.75) is 43.7 Å². The first-order chi connectivity index (χ1) is 15.2. The predicted molar refractivity (Wildman–Crippen MR) is 117 cm³/mol. The minimum atomic E-state index is -0.216. The van der Waals surface area contributed by atoms with E-state index in [1.54, 1.807) is 22.2 Å². The molecule has 3 atom stereocenters. The smallest absolute Gasteiger partial charge is 0.242 e. The van der Waals surface area contributed by atoms with Crippen LogP contribution in [0.3, 0.4) is 0 Å². The van der Waals surface area contributed by atoms with Crippen molar-refractivity contribution in [3.8, 4) is 0 Å². The lowest BCUT2D eigenvalue weighted by molar-refractivity contribution is -0.166. The summed E-state index contributed by atoms with van der Waals surface area (Å²) in [6.07, 6.45) is 9.41. The molecule has 2 amide bonds. The maximum Gasteiger partial charge on any atom is 0.242 e. The topological polar surface area (TPSA) is 73.7 Å². The van der Waals surface area contributed by atoms with Crippen molar-refractivity contribution >= 4 is 17.4 Å². The van der Waals surface area contributed by atoms with Crippen LogP contribution in [-0.2, 0) is 16.0 Å². The van der Waals surface area contributed by atoms with Crippen molar-refractivity contribution in [3.05, 3.63) is 71.6 Å². The SMILES string of the molecule is O=C(Cc1ccncc1)N1CC(=O)N2[C@@H](CO)[C@H](c3ccc(C4=CCCC4)cc3)[C@@H]2C1. The fourth-order valence-electron chi connectivity index (χ4n) is 5.33. The number of amides is 2. The van der Waals surface area contributed by atoms with Crippen LogP contribution in [0.5, 0.6) is 0 Å². The lowest BCUT2D eigenvalue weighted by Crippen LogP contribution is -2.73. The average Bonchev–Trinajstić information content (AvgIpc) is 3.31. The number of fused-ring (bicyclic) bond motifs is 1. The van der Waals surface area contributed by atoms with E-state index in [0.717, 1.165) is 24.0 Å². The van der Waals surface area contributed by atoms with Crippen LogP contribution in [0.25, 0.3) is 5.57 Å². The molecule has 160 valence electrons. The molecule has 5 rings (SSSR count). The molecule has 0 saturated carbocycles. The van der Waals surface area contributed by atoms with Crippen molar-refractivity contribution in [3.63, 3.8) is 0 Å². The number of hydrogen-bond donors (Lipinski definition) is 1. The molecule has 0 unspecified atom stereocenters. The molecule has 3 heterocycles. The number of piperazine rings is 1. The molecule has 2 aromatic rings. The molecule has 1 aromatic carbocycles. The molecule has 3 aliphatic rings. The van der Waals surface area contributed by atoms with Crippen LogP contribution < -0.4 is 0 Å². The minimum absolute atomic E-state index is 0.0390. The number of nitrogens with zero attached hydrogens (tertiary/aromatic N) is 3. The maximum atomic E-state index is 12.9. The average molecular weight is 418 g/mol. The number of allylic oxidation sites excluding steroid dienone is 2. The van der Waals surface area contributed by atoms with E-state index in [-0.39, 0.29) is 49.4 Å². The van der Waals surface area contributed by atoms with Gasteiger partial charge in [-0.3, -0.25) is 14.6 Å². The Bertz CT molecular complexity index is 1000. The summed E-state index contributed by atoms with van der Waals surface area (Å²) < 4.78 is 0. The van der Waals surface area contributed by atoms with Gasteiger partial charge in [-0.25, -0.2) is 0 Å². The molecular weight excluding hydrogens is 390 g/mol. The molecule has 6 nitrogen and oxygen atoms in total.